The van der Waals surface area contributed by atoms with Gasteiger partial charge in [-0.3, -0.25) is 0 Å². The Kier molecular flexibility index (Phi) is 4.34. The predicted octanol–water partition coefficient (Wildman–Crippen LogP) is 2.56. The molecule has 1 atom stereocenters. The van der Waals surface area contributed by atoms with Crippen molar-refractivity contribution in [2.75, 3.05) is 25.1 Å². The lowest BCUT2D eigenvalue weighted by Crippen LogP contribution is -2.11. The van der Waals surface area contributed by atoms with E-state index >= 15 is 0 Å². The molecule has 0 radical (unpaired) electrons. The van der Waals surface area contributed by atoms with E-state index in [-0.39, 0.29) is 0 Å². The van der Waals surface area contributed by atoms with Crippen LogP contribution in [0.1, 0.15) is 24.9 Å². The molecule has 2 rings (SSSR count). The van der Waals surface area contributed by atoms with Crippen LogP contribution in [-0.4, -0.2) is 29.7 Å². The molecular formula is C12H18BrN3O. The molecule has 1 N–H and O–H groups in total. The highest BCUT2D eigenvalue weighted by Crippen LogP contribution is 2.24. The molecule has 1 aromatic rings. The minimum Gasteiger partial charge on any atom is -0.381 e. The number of nitrogens with one attached hydrogen (secondary N) is 1. The van der Waals surface area contributed by atoms with Crippen LogP contribution in [0.3, 0.4) is 0 Å². The van der Waals surface area contributed by atoms with E-state index in [1.165, 1.54) is 0 Å². The van der Waals surface area contributed by atoms with Crippen LogP contribution < -0.4 is 5.32 Å². The quantitative estimate of drug-likeness (QED) is 0.928. The zero-order valence-electron chi connectivity index (χ0n) is 10.3. The lowest BCUT2D eigenvalue weighted by atomic mass is 10.0. The fraction of sp³-hybridized carbons (Fsp3) is 0.667. The molecule has 0 aliphatic carbocycles. The Hall–Kier alpha value is -0.680. The van der Waals surface area contributed by atoms with E-state index in [9.17, 15) is 0 Å². The molecule has 2 heterocycles. The van der Waals surface area contributed by atoms with Gasteiger partial charge in [0.25, 0.3) is 0 Å². The number of aryl methyl sites for hydroxylation is 1. The van der Waals surface area contributed by atoms with Gasteiger partial charge in [0.1, 0.15) is 11.6 Å². The smallest absolute Gasteiger partial charge is 0.144 e. The first-order valence-corrected chi connectivity index (χ1v) is 6.84. The van der Waals surface area contributed by atoms with Crippen molar-refractivity contribution >= 4 is 21.7 Å². The number of rotatable bonds is 4. The Labute approximate surface area is 110 Å². The van der Waals surface area contributed by atoms with E-state index in [2.05, 4.69) is 38.1 Å². The van der Waals surface area contributed by atoms with E-state index in [1.807, 2.05) is 6.92 Å². The topological polar surface area (TPSA) is 47.0 Å². The van der Waals surface area contributed by atoms with E-state index in [4.69, 9.17) is 4.74 Å². The number of halogens is 1. The third kappa shape index (κ3) is 3.16. The highest BCUT2D eigenvalue weighted by molar-refractivity contribution is 9.10. The second-order valence-electron chi connectivity index (χ2n) is 4.35. The van der Waals surface area contributed by atoms with Gasteiger partial charge in [-0.15, -0.1) is 0 Å². The second kappa shape index (κ2) is 5.78. The van der Waals surface area contributed by atoms with Crippen LogP contribution in [0.5, 0.6) is 0 Å². The minimum absolute atomic E-state index is 0.574. The maximum atomic E-state index is 5.38. The summed E-state index contributed by atoms with van der Waals surface area (Å²) in [6.45, 7) is 6.64. The van der Waals surface area contributed by atoms with E-state index < -0.39 is 0 Å². The molecule has 1 saturated heterocycles. The second-order valence-corrected chi connectivity index (χ2v) is 5.14. The van der Waals surface area contributed by atoms with Crippen LogP contribution in [-0.2, 0) is 11.2 Å². The summed E-state index contributed by atoms with van der Waals surface area (Å²) in [6.07, 6.45) is 2.03. The fourth-order valence-corrected chi connectivity index (χ4v) is 2.31. The average molecular weight is 300 g/mol. The molecule has 0 bridgehead atoms. The zero-order valence-corrected chi connectivity index (χ0v) is 11.9. The Morgan fingerprint density at radius 1 is 1.47 bits per heavy atom. The van der Waals surface area contributed by atoms with Gasteiger partial charge in [-0.05, 0) is 42.1 Å². The van der Waals surface area contributed by atoms with Gasteiger partial charge in [-0.25, -0.2) is 9.97 Å². The predicted molar refractivity (Wildman–Crippen MR) is 71.3 cm³/mol. The van der Waals surface area contributed by atoms with Crippen molar-refractivity contribution in [3.8, 4) is 0 Å². The zero-order chi connectivity index (χ0) is 12.3. The van der Waals surface area contributed by atoms with Crippen LogP contribution >= 0.6 is 15.9 Å². The Morgan fingerprint density at radius 3 is 2.94 bits per heavy atom. The third-order valence-corrected chi connectivity index (χ3v) is 3.85. The van der Waals surface area contributed by atoms with Gasteiger partial charge in [0.05, 0.1) is 10.2 Å². The van der Waals surface area contributed by atoms with Crippen molar-refractivity contribution in [2.24, 2.45) is 5.92 Å². The van der Waals surface area contributed by atoms with Crippen LogP contribution in [0.4, 0.5) is 5.82 Å². The third-order valence-electron chi connectivity index (χ3n) is 2.90. The van der Waals surface area contributed by atoms with E-state index in [1.54, 1.807) is 0 Å². The molecule has 0 amide bonds. The number of aromatic nitrogens is 2. The van der Waals surface area contributed by atoms with Gasteiger partial charge in [-0.2, -0.15) is 0 Å². The van der Waals surface area contributed by atoms with Gasteiger partial charge in [0, 0.05) is 26.2 Å². The molecule has 1 aliphatic rings. The van der Waals surface area contributed by atoms with Crippen LogP contribution in [0, 0.1) is 12.8 Å². The molecule has 5 heteroatoms. The number of ether oxygens (including phenoxy) is 1. The molecule has 0 spiro atoms. The highest BCUT2D eigenvalue weighted by atomic mass is 79.9. The van der Waals surface area contributed by atoms with Crippen molar-refractivity contribution < 1.29 is 4.74 Å². The summed E-state index contributed by atoms with van der Waals surface area (Å²) >= 11 is 3.52. The maximum Gasteiger partial charge on any atom is 0.144 e. The van der Waals surface area contributed by atoms with Gasteiger partial charge < -0.3 is 10.1 Å². The molecular weight excluding hydrogens is 282 g/mol. The SMILES string of the molecule is CCNc1nc(CC2CCOC2)nc(C)c1Br. The molecule has 1 aromatic heterocycles. The minimum atomic E-state index is 0.574. The Balaban J connectivity index is 2.16. The lowest BCUT2D eigenvalue weighted by Gasteiger charge is -2.11. The summed E-state index contributed by atoms with van der Waals surface area (Å²) in [6, 6.07) is 0. The normalized spacial score (nSPS) is 19.6. The molecule has 17 heavy (non-hydrogen) atoms. The van der Waals surface area contributed by atoms with Gasteiger partial charge in [0.2, 0.25) is 0 Å². The van der Waals surface area contributed by atoms with Crippen molar-refractivity contribution in [1.29, 1.82) is 0 Å². The number of nitrogens with zero attached hydrogens (tertiary/aromatic N) is 2. The van der Waals surface area contributed by atoms with Gasteiger partial charge in [-0.1, -0.05) is 0 Å². The summed E-state index contributed by atoms with van der Waals surface area (Å²) < 4.78 is 6.34. The fourth-order valence-electron chi connectivity index (χ4n) is 2.00. The summed E-state index contributed by atoms with van der Waals surface area (Å²) in [4.78, 5) is 9.09. The lowest BCUT2D eigenvalue weighted by molar-refractivity contribution is 0.185. The number of anilines is 1. The summed E-state index contributed by atoms with van der Waals surface area (Å²) in [5.74, 6) is 2.39. The van der Waals surface area contributed by atoms with Gasteiger partial charge >= 0.3 is 0 Å². The van der Waals surface area contributed by atoms with Crippen molar-refractivity contribution in [1.82, 2.24) is 9.97 Å². The standard InChI is InChI=1S/C12H18BrN3O/c1-3-14-12-11(13)8(2)15-10(16-12)6-9-4-5-17-7-9/h9H,3-7H2,1-2H3,(H,14,15,16). The van der Waals surface area contributed by atoms with Gasteiger partial charge in [0.15, 0.2) is 0 Å². The summed E-state index contributed by atoms with van der Waals surface area (Å²) in [7, 11) is 0. The molecule has 1 unspecified atom stereocenters. The molecule has 0 saturated carbocycles. The first-order valence-electron chi connectivity index (χ1n) is 6.05. The van der Waals surface area contributed by atoms with E-state index in [0.717, 1.165) is 54.4 Å². The summed E-state index contributed by atoms with van der Waals surface area (Å²) in [5.41, 5.74) is 0.991. The molecule has 1 fully saturated rings. The van der Waals surface area contributed by atoms with Crippen LogP contribution in [0.25, 0.3) is 0 Å². The van der Waals surface area contributed by atoms with Crippen LogP contribution in [0.15, 0.2) is 4.47 Å². The number of hydrogen-bond acceptors (Lipinski definition) is 4. The largest absolute Gasteiger partial charge is 0.381 e. The van der Waals surface area contributed by atoms with Crippen molar-refractivity contribution in [2.45, 2.75) is 26.7 Å². The summed E-state index contributed by atoms with van der Waals surface area (Å²) in [5, 5.41) is 3.25. The first kappa shape index (κ1) is 12.8. The Bertz CT molecular complexity index is 392. The number of hydrogen-bond donors (Lipinski definition) is 1. The van der Waals surface area contributed by atoms with Crippen LogP contribution in [0.2, 0.25) is 0 Å². The average Bonchev–Trinajstić information content (AvgIpc) is 2.78. The molecule has 0 aromatic carbocycles. The molecule has 1 aliphatic heterocycles. The van der Waals surface area contributed by atoms with Crippen molar-refractivity contribution in [3.05, 3.63) is 16.0 Å². The maximum absolute atomic E-state index is 5.38. The highest BCUT2D eigenvalue weighted by Gasteiger charge is 2.18. The Morgan fingerprint density at radius 2 is 2.29 bits per heavy atom. The monoisotopic (exact) mass is 299 g/mol. The molecule has 4 nitrogen and oxygen atoms in total. The first-order chi connectivity index (χ1) is 8.20. The van der Waals surface area contributed by atoms with Crippen molar-refractivity contribution in [3.63, 3.8) is 0 Å². The van der Waals surface area contributed by atoms with E-state index in [0.29, 0.717) is 5.92 Å². The molecule has 94 valence electrons.